The molecule has 0 saturated carbocycles. The van der Waals surface area contributed by atoms with Crippen molar-refractivity contribution in [3.63, 3.8) is 0 Å². The summed E-state index contributed by atoms with van der Waals surface area (Å²) in [5.74, 6) is -3.91. The lowest BCUT2D eigenvalue weighted by molar-refractivity contribution is -0.141. The van der Waals surface area contributed by atoms with E-state index in [1.165, 1.54) is 24.3 Å². The van der Waals surface area contributed by atoms with Gasteiger partial charge in [0.25, 0.3) is 0 Å². The van der Waals surface area contributed by atoms with E-state index in [1.54, 1.807) is 6.07 Å². The van der Waals surface area contributed by atoms with Crippen LogP contribution in [0.5, 0.6) is 0 Å². The van der Waals surface area contributed by atoms with E-state index in [0.29, 0.717) is 12.1 Å². The summed E-state index contributed by atoms with van der Waals surface area (Å²) in [6.07, 6.45) is -4.96. The molecule has 4 nitrogen and oxygen atoms in total. The van der Waals surface area contributed by atoms with Crippen molar-refractivity contribution in [3.05, 3.63) is 71.3 Å². The van der Waals surface area contributed by atoms with Gasteiger partial charge in [0, 0.05) is 23.3 Å². The van der Waals surface area contributed by atoms with Crippen LogP contribution in [0.2, 0.25) is 0 Å². The zero-order valence-electron chi connectivity index (χ0n) is 14.1. The number of hydrogen-bond acceptors (Lipinski definition) is 2. The first-order valence-electron chi connectivity index (χ1n) is 7.81. The Morgan fingerprint density at radius 2 is 1.69 bits per heavy atom. The largest absolute Gasteiger partial charge is 0.435 e. The van der Waals surface area contributed by atoms with Gasteiger partial charge >= 0.3 is 12.2 Å². The molecule has 1 aromatic heterocycles. The molecule has 11 heteroatoms. The molecule has 0 saturated heterocycles. The number of nitrogens with one attached hydrogen (secondary N) is 1. The lowest BCUT2D eigenvalue weighted by atomic mass is 10.0. The number of nitrogens with zero attached hydrogens (tertiary/aromatic N) is 2. The molecule has 0 aliphatic heterocycles. The highest BCUT2D eigenvalue weighted by molar-refractivity contribution is 5.95. The number of alkyl halides is 4. The summed E-state index contributed by atoms with van der Waals surface area (Å²) in [7, 11) is 0. The molecule has 1 heterocycles. The van der Waals surface area contributed by atoms with E-state index in [4.69, 9.17) is 0 Å². The molecule has 0 bridgehead atoms. The number of aromatic nitrogens is 2. The Kier molecular flexibility index (Phi) is 5.31. The number of carbonyl (C=O) groups excluding carboxylic acids is 1. The summed E-state index contributed by atoms with van der Waals surface area (Å²) in [6.45, 7) is -1.46. The monoisotopic (exact) mass is 416 g/mol. The van der Waals surface area contributed by atoms with Gasteiger partial charge in [-0.3, -0.25) is 0 Å². The summed E-state index contributed by atoms with van der Waals surface area (Å²) >= 11 is 0. The predicted octanol–water partition coefficient (Wildman–Crippen LogP) is 5.34. The first-order chi connectivity index (χ1) is 13.6. The van der Waals surface area contributed by atoms with Crippen LogP contribution >= 0.6 is 0 Å². The summed E-state index contributed by atoms with van der Waals surface area (Å²) in [6, 6.07) is 6.52. The predicted molar refractivity (Wildman–Crippen MR) is 87.0 cm³/mol. The molecule has 1 amide bonds. The standard InChI is InChI=1S/C18H9F7N3O/c19-8-9-5-16(18(23,24)25)27-28(9)17(29)26-15-4-2-1-3-10(15)11-6-13(21)14(22)7-12(11)20/h1-4,6-7H,8H2,(H,26,29). The van der Waals surface area contributed by atoms with Crippen molar-refractivity contribution < 1.29 is 35.5 Å². The van der Waals surface area contributed by atoms with Crippen LogP contribution in [0, 0.1) is 23.5 Å². The Hall–Kier alpha value is -3.37. The highest BCUT2D eigenvalue weighted by Crippen LogP contribution is 2.32. The molecule has 0 atom stereocenters. The summed E-state index contributed by atoms with van der Waals surface area (Å²) < 4.78 is 92.1. The van der Waals surface area contributed by atoms with Crippen LogP contribution in [0.25, 0.3) is 11.1 Å². The lowest BCUT2D eigenvalue weighted by Gasteiger charge is -2.13. The van der Waals surface area contributed by atoms with Gasteiger partial charge in [-0.25, -0.2) is 22.4 Å². The van der Waals surface area contributed by atoms with Crippen LogP contribution in [0.1, 0.15) is 11.4 Å². The highest BCUT2D eigenvalue weighted by atomic mass is 19.4. The fourth-order valence-corrected chi connectivity index (χ4v) is 2.48. The summed E-state index contributed by atoms with van der Waals surface area (Å²) in [5.41, 5.74) is -3.04. The molecule has 0 fully saturated rings. The normalized spacial score (nSPS) is 11.6. The maximum absolute atomic E-state index is 14.1. The van der Waals surface area contributed by atoms with E-state index in [0.717, 1.165) is 0 Å². The fourth-order valence-electron chi connectivity index (χ4n) is 2.48. The van der Waals surface area contributed by atoms with E-state index in [-0.39, 0.29) is 15.9 Å². The molecular weight excluding hydrogens is 407 g/mol. The SMILES string of the molecule is O=C(Nc1ccccc1-c1cc(F)c(F)cc1F)n1nc(C(F)(F)F)[c]c1CF. The maximum atomic E-state index is 14.1. The van der Waals surface area contributed by atoms with Crippen molar-refractivity contribution in [2.45, 2.75) is 12.9 Å². The lowest BCUT2D eigenvalue weighted by Crippen LogP contribution is -2.23. The molecule has 1 radical (unpaired) electrons. The minimum Gasteiger partial charge on any atom is -0.305 e. The third kappa shape index (κ3) is 4.08. The fraction of sp³-hybridized carbons (Fsp3) is 0.111. The van der Waals surface area contributed by atoms with Crippen molar-refractivity contribution >= 4 is 11.7 Å². The van der Waals surface area contributed by atoms with Crippen LogP contribution in [0.15, 0.2) is 36.4 Å². The molecule has 0 aliphatic rings. The number of anilines is 1. The van der Waals surface area contributed by atoms with E-state index in [2.05, 4.69) is 10.4 Å². The number of rotatable bonds is 3. The molecule has 1 N–H and O–H groups in total. The highest BCUT2D eigenvalue weighted by Gasteiger charge is 2.36. The Morgan fingerprint density at radius 3 is 2.34 bits per heavy atom. The zero-order chi connectivity index (χ0) is 21.3. The number of hydrogen-bond donors (Lipinski definition) is 1. The first kappa shape index (κ1) is 20.4. The van der Waals surface area contributed by atoms with Crippen LogP contribution in [-0.2, 0) is 12.9 Å². The second-order valence-corrected chi connectivity index (χ2v) is 5.69. The van der Waals surface area contributed by atoms with Crippen molar-refractivity contribution in [1.82, 2.24) is 9.78 Å². The van der Waals surface area contributed by atoms with E-state index in [9.17, 15) is 35.5 Å². The number of halogens is 7. The second kappa shape index (κ2) is 7.57. The summed E-state index contributed by atoms with van der Waals surface area (Å²) in [5, 5.41) is 5.15. The van der Waals surface area contributed by atoms with Crippen LogP contribution in [0.4, 0.5) is 41.2 Å². The molecule has 0 unspecified atom stereocenters. The van der Waals surface area contributed by atoms with Gasteiger partial charge in [-0.2, -0.15) is 23.0 Å². The van der Waals surface area contributed by atoms with Gasteiger partial charge in [0.15, 0.2) is 17.3 Å². The van der Waals surface area contributed by atoms with E-state index < -0.39 is 53.3 Å². The smallest absolute Gasteiger partial charge is 0.305 e. The van der Waals surface area contributed by atoms with E-state index >= 15 is 0 Å². The van der Waals surface area contributed by atoms with Crippen molar-refractivity contribution in [1.29, 1.82) is 0 Å². The topological polar surface area (TPSA) is 46.9 Å². The number of amides is 1. The molecule has 151 valence electrons. The molecule has 29 heavy (non-hydrogen) atoms. The van der Waals surface area contributed by atoms with Crippen molar-refractivity contribution in [2.24, 2.45) is 0 Å². The van der Waals surface area contributed by atoms with Gasteiger partial charge in [-0.05, 0) is 12.1 Å². The number of para-hydroxylation sites is 1. The quantitative estimate of drug-likeness (QED) is 0.463. The minimum atomic E-state index is -4.96. The molecule has 3 rings (SSSR count). The Bertz CT molecular complexity index is 1080. The third-order valence-electron chi connectivity index (χ3n) is 3.77. The third-order valence-corrected chi connectivity index (χ3v) is 3.77. The second-order valence-electron chi connectivity index (χ2n) is 5.69. The average Bonchev–Trinajstić information content (AvgIpc) is 3.10. The zero-order valence-corrected chi connectivity index (χ0v) is 14.1. The van der Waals surface area contributed by atoms with Gasteiger partial charge in [0.1, 0.15) is 12.5 Å². The van der Waals surface area contributed by atoms with Gasteiger partial charge in [-0.1, -0.05) is 18.2 Å². The maximum Gasteiger partial charge on any atom is 0.435 e. The van der Waals surface area contributed by atoms with E-state index in [1.807, 2.05) is 0 Å². The minimum absolute atomic E-state index is 0.0915. The number of benzene rings is 2. The van der Waals surface area contributed by atoms with Crippen LogP contribution < -0.4 is 5.32 Å². The Morgan fingerprint density at radius 1 is 1.03 bits per heavy atom. The van der Waals surface area contributed by atoms with Gasteiger partial charge in [0.2, 0.25) is 0 Å². The molecule has 2 aromatic carbocycles. The first-order valence-corrected chi connectivity index (χ1v) is 7.81. The average molecular weight is 416 g/mol. The molecular formula is C18H9F7N3O. The molecule has 0 spiro atoms. The van der Waals surface area contributed by atoms with Gasteiger partial charge < -0.3 is 5.32 Å². The molecule has 3 aromatic rings. The molecule has 0 aliphatic carbocycles. The van der Waals surface area contributed by atoms with Crippen molar-refractivity contribution in [2.75, 3.05) is 5.32 Å². The Labute approximate surface area is 158 Å². The number of carbonyl (C=O) groups is 1. The van der Waals surface area contributed by atoms with Crippen molar-refractivity contribution in [3.8, 4) is 11.1 Å². The van der Waals surface area contributed by atoms with Gasteiger partial charge in [0.05, 0.1) is 11.4 Å². The van der Waals surface area contributed by atoms with Crippen LogP contribution in [0.3, 0.4) is 0 Å². The van der Waals surface area contributed by atoms with Gasteiger partial charge in [-0.15, -0.1) is 0 Å². The summed E-state index contributed by atoms with van der Waals surface area (Å²) in [4.78, 5) is 12.3. The van der Waals surface area contributed by atoms with Crippen LogP contribution in [-0.4, -0.2) is 15.8 Å². The Balaban J connectivity index is 2.00.